The van der Waals surface area contributed by atoms with Crippen molar-refractivity contribution < 1.29 is 0 Å². The van der Waals surface area contributed by atoms with Crippen LogP contribution in [0.25, 0.3) is 5.65 Å². The van der Waals surface area contributed by atoms with Crippen LogP contribution in [-0.4, -0.2) is 20.9 Å². The summed E-state index contributed by atoms with van der Waals surface area (Å²) in [6.07, 6.45) is 5.47. The first-order chi connectivity index (χ1) is 10.2. The SMILES string of the molecule is CCNc1cn2ccnc2c(Nc2cccc(Cl)c2Cl)n1. The maximum atomic E-state index is 6.20. The zero-order valence-corrected chi connectivity index (χ0v) is 12.8. The van der Waals surface area contributed by atoms with Crippen molar-refractivity contribution in [3.05, 3.63) is 46.8 Å². The van der Waals surface area contributed by atoms with Crippen molar-refractivity contribution in [1.82, 2.24) is 14.4 Å². The second-order valence-corrected chi connectivity index (χ2v) is 5.17. The maximum Gasteiger partial charge on any atom is 0.180 e. The number of rotatable bonds is 4. The van der Waals surface area contributed by atoms with Gasteiger partial charge in [-0.05, 0) is 19.1 Å². The average Bonchev–Trinajstić information content (AvgIpc) is 2.93. The Balaban J connectivity index is 2.06. The van der Waals surface area contributed by atoms with E-state index in [0.717, 1.165) is 12.4 Å². The largest absolute Gasteiger partial charge is 0.369 e. The van der Waals surface area contributed by atoms with Crippen LogP contribution in [0.15, 0.2) is 36.8 Å². The Hall–Kier alpha value is -1.98. The van der Waals surface area contributed by atoms with E-state index in [-0.39, 0.29) is 0 Å². The fraction of sp³-hybridized carbons (Fsp3) is 0.143. The van der Waals surface area contributed by atoms with Gasteiger partial charge in [0, 0.05) is 18.9 Å². The van der Waals surface area contributed by atoms with Crippen molar-refractivity contribution in [1.29, 1.82) is 0 Å². The van der Waals surface area contributed by atoms with E-state index in [1.54, 1.807) is 12.3 Å². The van der Waals surface area contributed by atoms with Crippen LogP contribution in [0.5, 0.6) is 0 Å². The second kappa shape index (κ2) is 5.79. The number of nitrogens with zero attached hydrogens (tertiary/aromatic N) is 3. The molecular formula is C14H13Cl2N5. The van der Waals surface area contributed by atoms with Gasteiger partial charge in [0.05, 0.1) is 21.9 Å². The first-order valence-corrected chi connectivity index (χ1v) is 7.23. The predicted octanol–water partition coefficient (Wildman–Crippen LogP) is 4.21. The lowest BCUT2D eigenvalue weighted by Gasteiger charge is -2.11. The van der Waals surface area contributed by atoms with E-state index < -0.39 is 0 Å². The lowest BCUT2D eigenvalue weighted by Crippen LogP contribution is -2.05. The highest BCUT2D eigenvalue weighted by molar-refractivity contribution is 6.43. The van der Waals surface area contributed by atoms with Crippen LogP contribution in [0.4, 0.5) is 17.3 Å². The molecule has 0 bridgehead atoms. The fourth-order valence-corrected chi connectivity index (χ4v) is 2.36. The summed E-state index contributed by atoms with van der Waals surface area (Å²) in [4.78, 5) is 8.82. The summed E-state index contributed by atoms with van der Waals surface area (Å²) in [5, 5.41) is 7.32. The molecule has 0 aliphatic carbocycles. The normalized spacial score (nSPS) is 10.8. The Labute approximate surface area is 131 Å². The number of imidazole rings is 1. The summed E-state index contributed by atoms with van der Waals surface area (Å²) >= 11 is 12.2. The van der Waals surface area contributed by atoms with Crippen LogP contribution in [0.3, 0.4) is 0 Å². The average molecular weight is 322 g/mol. The molecule has 21 heavy (non-hydrogen) atoms. The zero-order valence-electron chi connectivity index (χ0n) is 11.3. The minimum Gasteiger partial charge on any atom is -0.369 e. The first-order valence-electron chi connectivity index (χ1n) is 6.47. The first kappa shape index (κ1) is 14.0. The van der Waals surface area contributed by atoms with E-state index in [1.165, 1.54) is 0 Å². The van der Waals surface area contributed by atoms with E-state index in [9.17, 15) is 0 Å². The number of anilines is 3. The molecule has 0 aliphatic rings. The van der Waals surface area contributed by atoms with Crippen LogP contribution in [0.1, 0.15) is 6.92 Å². The quantitative estimate of drug-likeness (QED) is 0.755. The Kier molecular flexibility index (Phi) is 3.86. The summed E-state index contributed by atoms with van der Waals surface area (Å²) in [6, 6.07) is 5.41. The number of hydrogen-bond donors (Lipinski definition) is 2. The molecule has 0 saturated carbocycles. The number of halogens is 2. The van der Waals surface area contributed by atoms with Gasteiger partial charge in [-0.3, -0.25) is 0 Å². The fourth-order valence-electron chi connectivity index (χ4n) is 2.01. The van der Waals surface area contributed by atoms with Crippen LogP contribution < -0.4 is 10.6 Å². The molecule has 0 radical (unpaired) electrons. The van der Waals surface area contributed by atoms with Gasteiger partial charge in [-0.1, -0.05) is 29.3 Å². The minimum atomic E-state index is 0.458. The zero-order chi connectivity index (χ0) is 14.8. The van der Waals surface area contributed by atoms with E-state index in [0.29, 0.717) is 27.2 Å². The summed E-state index contributed by atoms with van der Waals surface area (Å²) in [5.41, 5.74) is 1.41. The van der Waals surface area contributed by atoms with Gasteiger partial charge in [-0.25, -0.2) is 9.97 Å². The Morgan fingerprint density at radius 2 is 2.14 bits per heavy atom. The summed E-state index contributed by atoms with van der Waals surface area (Å²) in [7, 11) is 0. The molecule has 0 aliphatic heterocycles. The monoisotopic (exact) mass is 321 g/mol. The van der Waals surface area contributed by atoms with Gasteiger partial charge in [0.25, 0.3) is 0 Å². The Bertz CT molecular complexity index is 784. The molecule has 0 amide bonds. The maximum absolute atomic E-state index is 6.20. The Morgan fingerprint density at radius 1 is 1.29 bits per heavy atom. The third kappa shape index (κ3) is 2.75. The highest BCUT2D eigenvalue weighted by atomic mass is 35.5. The van der Waals surface area contributed by atoms with Crippen molar-refractivity contribution in [2.45, 2.75) is 6.92 Å². The van der Waals surface area contributed by atoms with Crippen LogP contribution in [0.2, 0.25) is 10.0 Å². The number of fused-ring (bicyclic) bond motifs is 1. The van der Waals surface area contributed by atoms with Gasteiger partial charge in [-0.2, -0.15) is 0 Å². The number of hydrogen-bond acceptors (Lipinski definition) is 4. The molecule has 0 fully saturated rings. The van der Waals surface area contributed by atoms with Crippen molar-refractivity contribution in [2.75, 3.05) is 17.2 Å². The standard InChI is InChI=1S/C14H13Cl2N5/c1-2-17-11-8-21-7-6-18-14(21)13(20-11)19-10-5-3-4-9(15)12(10)16/h3-8,17H,2H2,1H3,(H,19,20). The molecule has 2 N–H and O–H groups in total. The number of aromatic nitrogens is 3. The van der Waals surface area contributed by atoms with Crippen LogP contribution in [-0.2, 0) is 0 Å². The van der Waals surface area contributed by atoms with Crippen molar-refractivity contribution in [3.8, 4) is 0 Å². The third-order valence-corrected chi connectivity index (χ3v) is 3.76. The molecule has 0 saturated heterocycles. The van der Waals surface area contributed by atoms with Crippen LogP contribution in [0, 0.1) is 0 Å². The molecule has 2 aromatic heterocycles. The summed E-state index contributed by atoms with van der Waals surface area (Å²) < 4.78 is 1.89. The molecule has 3 aromatic rings. The van der Waals surface area contributed by atoms with E-state index in [1.807, 2.05) is 35.9 Å². The lowest BCUT2D eigenvalue weighted by atomic mass is 10.3. The van der Waals surface area contributed by atoms with Gasteiger partial charge < -0.3 is 15.0 Å². The van der Waals surface area contributed by atoms with Gasteiger partial charge >= 0.3 is 0 Å². The van der Waals surface area contributed by atoms with Crippen molar-refractivity contribution in [3.63, 3.8) is 0 Å². The summed E-state index contributed by atoms with van der Waals surface area (Å²) in [6.45, 7) is 2.80. The number of benzene rings is 1. The van der Waals surface area contributed by atoms with Crippen molar-refractivity contribution in [2.24, 2.45) is 0 Å². The molecule has 3 rings (SSSR count). The highest BCUT2D eigenvalue weighted by Gasteiger charge is 2.10. The van der Waals surface area contributed by atoms with E-state index >= 15 is 0 Å². The smallest absolute Gasteiger partial charge is 0.180 e. The molecule has 0 unspecified atom stereocenters. The molecule has 0 spiro atoms. The van der Waals surface area contributed by atoms with Gasteiger partial charge in [-0.15, -0.1) is 0 Å². The van der Waals surface area contributed by atoms with Gasteiger partial charge in [0.2, 0.25) is 0 Å². The third-order valence-electron chi connectivity index (χ3n) is 2.94. The summed E-state index contributed by atoms with van der Waals surface area (Å²) in [5.74, 6) is 1.37. The van der Waals surface area contributed by atoms with E-state index in [4.69, 9.17) is 23.2 Å². The van der Waals surface area contributed by atoms with E-state index in [2.05, 4.69) is 20.6 Å². The number of nitrogens with one attached hydrogen (secondary N) is 2. The molecule has 1 aromatic carbocycles. The topological polar surface area (TPSA) is 54.2 Å². The van der Waals surface area contributed by atoms with Crippen molar-refractivity contribution >= 4 is 46.2 Å². The lowest BCUT2D eigenvalue weighted by molar-refractivity contribution is 1.09. The molecule has 2 heterocycles. The van der Waals surface area contributed by atoms with Crippen LogP contribution >= 0.6 is 23.2 Å². The molecule has 0 atom stereocenters. The molecular weight excluding hydrogens is 309 g/mol. The highest BCUT2D eigenvalue weighted by Crippen LogP contribution is 2.32. The predicted molar refractivity (Wildman–Crippen MR) is 86.9 cm³/mol. The molecule has 5 nitrogen and oxygen atoms in total. The molecule has 108 valence electrons. The van der Waals surface area contributed by atoms with Gasteiger partial charge in [0.1, 0.15) is 5.82 Å². The Morgan fingerprint density at radius 3 is 2.95 bits per heavy atom. The second-order valence-electron chi connectivity index (χ2n) is 4.39. The van der Waals surface area contributed by atoms with Gasteiger partial charge in [0.15, 0.2) is 11.5 Å². The molecule has 7 heteroatoms. The minimum absolute atomic E-state index is 0.458.